The number of ether oxygens (including phenoxy) is 1. The second-order valence-corrected chi connectivity index (χ2v) is 10.2. The van der Waals surface area contributed by atoms with Crippen molar-refractivity contribution in [2.24, 2.45) is 0 Å². The topological polar surface area (TPSA) is 69.9 Å². The molecule has 3 aromatic heterocycles. The van der Waals surface area contributed by atoms with Crippen LogP contribution >= 0.6 is 23.2 Å². The molecule has 4 aromatic rings. The van der Waals surface area contributed by atoms with Crippen molar-refractivity contribution in [3.05, 3.63) is 97.9 Å². The number of benzene rings is 1. The van der Waals surface area contributed by atoms with Gasteiger partial charge in [0.15, 0.2) is 0 Å². The highest BCUT2D eigenvalue weighted by Gasteiger charge is 2.20. The highest BCUT2D eigenvalue weighted by atomic mass is 35.5. The van der Waals surface area contributed by atoms with Gasteiger partial charge in [0.05, 0.1) is 22.1 Å². The maximum atomic E-state index is 13.3. The van der Waals surface area contributed by atoms with E-state index in [-0.39, 0.29) is 10.4 Å². The zero-order chi connectivity index (χ0) is 25.3. The summed E-state index contributed by atoms with van der Waals surface area (Å²) in [6.45, 7) is 10.2. The van der Waals surface area contributed by atoms with Gasteiger partial charge >= 0.3 is 0 Å². The molecule has 0 aliphatic rings. The van der Waals surface area contributed by atoms with Crippen LogP contribution in [0.5, 0.6) is 5.75 Å². The van der Waals surface area contributed by atoms with Crippen LogP contribution in [-0.4, -0.2) is 19.5 Å². The molecule has 0 aliphatic carbocycles. The molecule has 3 heterocycles. The molecule has 0 N–H and O–H groups in total. The summed E-state index contributed by atoms with van der Waals surface area (Å²) in [5.41, 5.74) is 3.76. The molecule has 4 rings (SSSR count). The molecular weight excluding hydrogens is 483 g/mol. The first-order chi connectivity index (χ1) is 16.5. The van der Waals surface area contributed by atoms with E-state index in [0.717, 1.165) is 11.1 Å². The molecule has 0 aliphatic heterocycles. The molecule has 6 nitrogen and oxygen atoms in total. The first-order valence-electron chi connectivity index (χ1n) is 11.1. The van der Waals surface area contributed by atoms with Crippen molar-refractivity contribution in [2.75, 3.05) is 0 Å². The van der Waals surface area contributed by atoms with E-state index in [9.17, 15) is 4.79 Å². The summed E-state index contributed by atoms with van der Waals surface area (Å²) < 4.78 is 7.35. The molecule has 0 fully saturated rings. The number of aryl methyl sites for hydroxylation is 2. The van der Waals surface area contributed by atoms with Crippen molar-refractivity contribution in [1.29, 1.82) is 0 Å². The third kappa shape index (κ3) is 5.39. The van der Waals surface area contributed by atoms with E-state index in [1.165, 1.54) is 10.8 Å². The number of rotatable bonds is 5. The number of hydrogen-bond acceptors (Lipinski definition) is 5. The minimum absolute atomic E-state index is 0.0188. The Labute approximate surface area is 214 Å². The molecule has 180 valence electrons. The van der Waals surface area contributed by atoms with Crippen LogP contribution in [0.2, 0.25) is 10.0 Å². The van der Waals surface area contributed by atoms with Gasteiger partial charge in [0.1, 0.15) is 23.2 Å². The zero-order valence-corrected chi connectivity index (χ0v) is 21.8. The molecule has 0 atom stereocenters. The van der Waals surface area contributed by atoms with Gasteiger partial charge in [-0.15, -0.1) is 0 Å². The summed E-state index contributed by atoms with van der Waals surface area (Å²) in [7, 11) is 0. The number of pyridine rings is 2. The highest BCUT2D eigenvalue weighted by Crippen LogP contribution is 2.29. The van der Waals surface area contributed by atoms with Gasteiger partial charge in [-0.25, -0.2) is 9.97 Å². The third-order valence-corrected chi connectivity index (χ3v) is 6.08. The van der Waals surface area contributed by atoms with Crippen molar-refractivity contribution in [3.63, 3.8) is 0 Å². The Bertz CT molecular complexity index is 1460. The van der Waals surface area contributed by atoms with Crippen LogP contribution in [0.25, 0.3) is 17.1 Å². The molecule has 1 aromatic carbocycles. The summed E-state index contributed by atoms with van der Waals surface area (Å²) in [6, 6.07) is 13.2. The predicted octanol–water partition coefficient (Wildman–Crippen LogP) is 6.49. The van der Waals surface area contributed by atoms with E-state index < -0.39 is 5.56 Å². The van der Waals surface area contributed by atoms with Crippen LogP contribution in [0.3, 0.4) is 0 Å². The van der Waals surface area contributed by atoms with E-state index in [4.69, 9.17) is 27.9 Å². The molecule has 0 amide bonds. The van der Waals surface area contributed by atoms with Crippen LogP contribution < -0.4 is 10.3 Å². The van der Waals surface area contributed by atoms with Crippen molar-refractivity contribution in [2.45, 2.75) is 46.6 Å². The first-order valence-corrected chi connectivity index (χ1v) is 11.9. The normalized spacial score (nSPS) is 11.5. The SMILES string of the molecule is Cc1cccc(COc2cc(C)n(-c3cc(-c4ccnc(C(C)(C)C)n4)ncc3Cl)c(=O)c2Cl)c1. The number of aromatic nitrogens is 4. The molecule has 0 saturated heterocycles. The lowest BCUT2D eigenvalue weighted by atomic mass is 9.95. The van der Waals surface area contributed by atoms with Crippen molar-refractivity contribution in [1.82, 2.24) is 19.5 Å². The Morgan fingerprint density at radius 2 is 1.77 bits per heavy atom. The van der Waals surface area contributed by atoms with E-state index in [1.807, 2.05) is 52.0 Å². The second-order valence-electron chi connectivity index (χ2n) is 9.42. The van der Waals surface area contributed by atoms with Gasteiger partial charge in [0, 0.05) is 29.6 Å². The molecule has 0 bridgehead atoms. The van der Waals surface area contributed by atoms with Crippen LogP contribution in [-0.2, 0) is 12.0 Å². The van der Waals surface area contributed by atoms with Gasteiger partial charge in [0.25, 0.3) is 5.56 Å². The van der Waals surface area contributed by atoms with E-state index in [2.05, 4.69) is 15.0 Å². The van der Waals surface area contributed by atoms with Gasteiger partial charge in [-0.3, -0.25) is 14.3 Å². The lowest BCUT2D eigenvalue weighted by Gasteiger charge is -2.18. The Balaban J connectivity index is 1.72. The fourth-order valence-electron chi connectivity index (χ4n) is 3.65. The summed E-state index contributed by atoms with van der Waals surface area (Å²) in [5, 5.41) is 0.295. The van der Waals surface area contributed by atoms with E-state index in [0.29, 0.717) is 46.0 Å². The van der Waals surface area contributed by atoms with Crippen molar-refractivity contribution < 1.29 is 4.74 Å². The smallest absolute Gasteiger partial charge is 0.277 e. The Kier molecular flexibility index (Phi) is 6.97. The molecule has 35 heavy (non-hydrogen) atoms. The Hall–Kier alpha value is -3.22. The summed E-state index contributed by atoms with van der Waals surface area (Å²) in [5.74, 6) is 1.02. The minimum Gasteiger partial charge on any atom is -0.487 e. The summed E-state index contributed by atoms with van der Waals surface area (Å²) in [6.07, 6.45) is 3.21. The molecule has 0 radical (unpaired) electrons. The van der Waals surface area contributed by atoms with Crippen LogP contribution in [0, 0.1) is 13.8 Å². The van der Waals surface area contributed by atoms with Crippen LogP contribution in [0.1, 0.15) is 43.4 Å². The number of nitrogens with zero attached hydrogens (tertiary/aromatic N) is 4. The van der Waals surface area contributed by atoms with Crippen molar-refractivity contribution >= 4 is 23.2 Å². The summed E-state index contributed by atoms with van der Waals surface area (Å²) >= 11 is 12.9. The average molecular weight is 509 g/mol. The van der Waals surface area contributed by atoms with Gasteiger partial charge in [-0.2, -0.15) is 0 Å². The number of hydrogen-bond donors (Lipinski definition) is 0. The van der Waals surface area contributed by atoms with Crippen LogP contribution in [0.15, 0.2) is 59.7 Å². The fraction of sp³-hybridized carbons (Fsp3) is 0.259. The molecule has 0 saturated carbocycles. The molecule has 0 spiro atoms. The second kappa shape index (κ2) is 9.80. The molecule has 0 unspecified atom stereocenters. The lowest BCUT2D eigenvalue weighted by Crippen LogP contribution is -2.22. The predicted molar refractivity (Wildman–Crippen MR) is 140 cm³/mol. The van der Waals surface area contributed by atoms with E-state index in [1.54, 1.807) is 31.3 Å². The van der Waals surface area contributed by atoms with Gasteiger partial charge in [-0.05, 0) is 31.5 Å². The maximum absolute atomic E-state index is 13.3. The quantitative estimate of drug-likeness (QED) is 0.308. The van der Waals surface area contributed by atoms with Gasteiger partial charge in [0.2, 0.25) is 0 Å². The minimum atomic E-state index is -0.428. The third-order valence-electron chi connectivity index (χ3n) is 5.44. The maximum Gasteiger partial charge on any atom is 0.277 e. The van der Waals surface area contributed by atoms with Gasteiger partial charge < -0.3 is 4.74 Å². The van der Waals surface area contributed by atoms with Gasteiger partial charge in [-0.1, -0.05) is 73.8 Å². The first kappa shape index (κ1) is 24.9. The van der Waals surface area contributed by atoms with E-state index >= 15 is 0 Å². The molecular formula is C27H26Cl2N4O2. The van der Waals surface area contributed by atoms with Crippen molar-refractivity contribution in [3.8, 4) is 22.8 Å². The number of halogens is 2. The Morgan fingerprint density at radius 1 is 1.00 bits per heavy atom. The molecule has 8 heteroatoms. The van der Waals surface area contributed by atoms with Crippen LogP contribution in [0.4, 0.5) is 0 Å². The largest absolute Gasteiger partial charge is 0.487 e. The standard InChI is InChI=1S/C27H26Cl2N4O2/c1-16-7-6-8-18(11-16)15-35-23-12-17(2)33(25(34)24(23)29)22-13-21(31-14-19(22)28)20-9-10-30-26(32-20)27(3,4)5/h6-14H,15H2,1-5H3. The fourth-order valence-corrected chi connectivity index (χ4v) is 4.03. The summed E-state index contributed by atoms with van der Waals surface area (Å²) in [4.78, 5) is 26.8. The Morgan fingerprint density at radius 3 is 2.49 bits per heavy atom. The monoisotopic (exact) mass is 508 g/mol. The highest BCUT2D eigenvalue weighted by molar-refractivity contribution is 6.33. The zero-order valence-electron chi connectivity index (χ0n) is 20.3. The average Bonchev–Trinajstić information content (AvgIpc) is 2.81. The lowest BCUT2D eigenvalue weighted by molar-refractivity contribution is 0.305.